The highest BCUT2D eigenvalue weighted by atomic mass is 32.2. The van der Waals surface area contributed by atoms with Crippen LogP contribution in [0.3, 0.4) is 0 Å². The molecule has 2 aliphatic heterocycles. The minimum atomic E-state index is -1.17. The van der Waals surface area contributed by atoms with E-state index in [-0.39, 0.29) is 11.7 Å². The Morgan fingerprint density at radius 1 is 1.32 bits per heavy atom. The van der Waals surface area contributed by atoms with Gasteiger partial charge in [0.15, 0.2) is 10.2 Å². The van der Waals surface area contributed by atoms with Gasteiger partial charge in [-0.15, -0.1) is 11.8 Å². The molecule has 136 valence electrons. The first-order valence-corrected chi connectivity index (χ1v) is 10.9. The lowest BCUT2D eigenvalue weighted by Gasteiger charge is -2.32. The van der Waals surface area contributed by atoms with Crippen molar-refractivity contribution in [2.75, 3.05) is 11.5 Å². The largest absolute Gasteiger partial charge is 0.383 e. The third-order valence-corrected chi connectivity index (χ3v) is 8.96. The Morgan fingerprint density at radius 3 is 2.56 bits per heavy atom. The van der Waals surface area contributed by atoms with Crippen molar-refractivity contribution in [1.82, 2.24) is 0 Å². The topological polar surface area (TPSA) is 55.7 Å². The van der Waals surface area contributed by atoms with Gasteiger partial charge in [0.1, 0.15) is 0 Å². The van der Waals surface area contributed by atoms with Gasteiger partial charge in [-0.05, 0) is 51.0 Å². The van der Waals surface area contributed by atoms with Gasteiger partial charge in [0.25, 0.3) is 0 Å². The molecule has 0 amide bonds. The van der Waals surface area contributed by atoms with E-state index in [0.717, 1.165) is 34.6 Å². The van der Waals surface area contributed by atoms with Gasteiger partial charge in [-0.25, -0.2) is 0 Å². The van der Waals surface area contributed by atoms with E-state index in [1.165, 1.54) is 17.3 Å². The average Bonchev–Trinajstić information content (AvgIpc) is 2.90. The molecule has 1 fully saturated rings. The lowest BCUT2D eigenvalue weighted by Crippen LogP contribution is -2.48. The van der Waals surface area contributed by atoms with E-state index in [9.17, 15) is 9.00 Å². The van der Waals surface area contributed by atoms with Gasteiger partial charge in [-0.2, -0.15) is 0 Å². The van der Waals surface area contributed by atoms with Crippen LogP contribution in [0.5, 0.6) is 0 Å². The molecule has 1 aromatic rings. The molecule has 0 aromatic heterocycles. The maximum absolute atomic E-state index is 13.1. The van der Waals surface area contributed by atoms with Crippen LogP contribution in [0.15, 0.2) is 17.3 Å². The van der Waals surface area contributed by atoms with Crippen molar-refractivity contribution < 1.29 is 13.8 Å². The fourth-order valence-corrected chi connectivity index (χ4v) is 7.00. The van der Waals surface area contributed by atoms with Gasteiger partial charge in [-0.3, -0.25) is 9.00 Å². The van der Waals surface area contributed by atoms with Crippen molar-refractivity contribution in [3.05, 3.63) is 34.4 Å². The zero-order chi connectivity index (χ0) is 18.4. The lowest BCUT2D eigenvalue weighted by atomic mass is 9.86. The van der Waals surface area contributed by atoms with E-state index >= 15 is 0 Å². The average molecular weight is 380 g/mol. The molecule has 4 atom stereocenters. The maximum atomic E-state index is 13.1. The quantitative estimate of drug-likeness (QED) is 0.806. The second-order valence-corrected chi connectivity index (χ2v) is 10.8. The Bertz CT molecular complexity index is 751. The molecule has 1 saturated heterocycles. The first kappa shape index (κ1) is 18.6. The van der Waals surface area contributed by atoms with E-state index in [1.54, 1.807) is 6.92 Å². The summed E-state index contributed by atoms with van der Waals surface area (Å²) >= 11 is 1.50. The third kappa shape index (κ3) is 3.19. The molecule has 0 unspecified atom stereocenters. The van der Waals surface area contributed by atoms with Crippen molar-refractivity contribution >= 4 is 34.1 Å². The first-order chi connectivity index (χ1) is 11.8. The van der Waals surface area contributed by atoms with Crippen LogP contribution in [0.25, 0.3) is 0 Å². The summed E-state index contributed by atoms with van der Waals surface area (Å²) in [7, 11) is -1.17. The molecule has 4 nitrogen and oxygen atoms in total. The number of ketones is 1. The van der Waals surface area contributed by atoms with Crippen molar-refractivity contribution in [3.63, 3.8) is 0 Å². The minimum Gasteiger partial charge on any atom is -0.383 e. The summed E-state index contributed by atoms with van der Waals surface area (Å²) in [5, 5.41) is 4.28. The molecule has 2 aliphatic rings. The summed E-state index contributed by atoms with van der Waals surface area (Å²) in [6.45, 7) is 9.97. The monoisotopic (exact) mass is 379 g/mol. The second-order valence-electron chi connectivity index (χ2n) is 7.13. The van der Waals surface area contributed by atoms with Gasteiger partial charge in [0.2, 0.25) is 5.78 Å². The highest BCUT2D eigenvalue weighted by Crippen LogP contribution is 2.39. The number of rotatable bonds is 3. The Morgan fingerprint density at radius 2 is 1.96 bits per heavy atom. The molecule has 6 heteroatoms. The first-order valence-electron chi connectivity index (χ1n) is 8.64. The van der Waals surface area contributed by atoms with Gasteiger partial charge in [0.05, 0.1) is 5.71 Å². The van der Waals surface area contributed by atoms with E-state index in [1.807, 2.05) is 6.92 Å². The summed E-state index contributed by atoms with van der Waals surface area (Å²) in [6.07, 6.45) is 0.236. The number of oxime groups is 1. The summed E-state index contributed by atoms with van der Waals surface area (Å²) in [4.78, 5) is 18.7. The molecule has 0 N–H and O–H groups in total. The standard InChI is InChI=1S/C19H25NO3S2/c1-11-9-12(2)15(13(3)10-11)16-14(4)17(23-20-16)18(21)19(5)24-7-6-8-25(19)22/h9-10,14,17H,6-8H2,1-5H3/t14-,17-,19-,25+/m0/s1. The molecular weight excluding hydrogens is 354 g/mol. The summed E-state index contributed by atoms with van der Waals surface area (Å²) in [5.74, 6) is 1.20. The highest BCUT2D eigenvalue weighted by Gasteiger charge is 2.50. The second kappa shape index (κ2) is 6.88. The maximum Gasteiger partial charge on any atom is 0.205 e. The molecule has 0 radical (unpaired) electrons. The molecule has 3 rings (SSSR count). The molecule has 1 aromatic carbocycles. The molecule has 0 spiro atoms. The Labute approximate surface area is 156 Å². The van der Waals surface area contributed by atoms with Crippen molar-refractivity contribution in [3.8, 4) is 0 Å². The third-order valence-electron chi connectivity index (χ3n) is 5.08. The molecule has 0 bridgehead atoms. The van der Waals surface area contributed by atoms with E-state index < -0.39 is 21.0 Å². The number of benzene rings is 1. The zero-order valence-electron chi connectivity index (χ0n) is 15.4. The SMILES string of the molecule is Cc1cc(C)c(C2=NO[C@H](C(=O)[C@@]3(C)SCCC[S@]3=O)[C@H]2C)c(C)c1. The van der Waals surface area contributed by atoms with Crippen LogP contribution in [-0.4, -0.2) is 37.4 Å². The minimum absolute atomic E-state index is 0.0933. The van der Waals surface area contributed by atoms with Gasteiger partial charge < -0.3 is 4.84 Å². The number of carbonyl (C=O) groups is 1. The predicted molar refractivity (Wildman–Crippen MR) is 105 cm³/mol. The predicted octanol–water partition coefficient (Wildman–Crippen LogP) is 3.52. The van der Waals surface area contributed by atoms with Crippen LogP contribution in [0.4, 0.5) is 0 Å². The fraction of sp³-hybridized carbons (Fsp3) is 0.579. The highest BCUT2D eigenvalue weighted by molar-refractivity contribution is 8.14. The molecule has 0 saturated carbocycles. The van der Waals surface area contributed by atoms with Crippen LogP contribution in [-0.2, 0) is 20.4 Å². The normalized spacial score (nSPS) is 32.2. The van der Waals surface area contributed by atoms with Crippen molar-refractivity contribution in [2.24, 2.45) is 11.1 Å². The number of nitrogens with zero attached hydrogens (tertiary/aromatic N) is 1. The Balaban J connectivity index is 1.88. The van der Waals surface area contributed by atoms with Crippen LogP contribution < -0.4 is 0 Å². The van der Waals surface area contributed by atoms with Gasteiger partial charge in [0, 0.05) is 28.0 Å². The zero-order valence-corrected chi connectivity index (χ0v) is 17.1. The number of Topliss-reactive ketones (excluding diaryl/α,β-unsaturated/α-hetero) is 1. The number of hydrogen-bond acceptors (Lipinski definition) is 5. The molecule has 25 heavy (non-hydrogen) atoms. The smallest absolute Gasteiger partial charge is 0.205 e. The number of hydrogen-bond donors (Lipinski definition) is 0. The molecule has 2 heterocycles. The van der Waals surface area contributed by atoms with E-state index in [2.05, 4.69) is 38.1 Å². The summed E-state index contributed by atoms with van der Waals surface area (Å²) < 4.78 is 11.6. The van der Waals surface area contributed by atoms with Crippen molar-refractivity contribution in [1.29, 1.82) is 0 Å². The summed E-state index contributed by atoms with van der Waals surface area (Å²) in [6, 6.07) is 4.25. The van der Waals surface area contributed by atoms with Crippen LogP contribution in [0.2, 0.25) is 0 Å². The lowest BCUT2D eigenvalue weighted by molar-refractivity contribution is -0.130. The van der Waals surface area contributed by atoms with Crippen LogP contribution in [0, 0.1) is 26.7 Å². The van der Waals surface area contributed by atoms with E-state index in [0.29, 0.717) is 5.75 Å². The molecule has 0 aliphatic carbocycles. The van der Waals surface area contributed by atoms with Crippen LogP contribution >= 0.6 is 11.8 Å². The number of thioether (sulfide) groups is 1. The number of aryl methyl sites for hydroxylation is 3. The van der Waals surface area contributed by atoms with Gasteiger partial charge >= 0.3 is 0 Å². The Kier molecular flexibility index (Phi) is 5.13. The van der Waals surface area contributed by atoms with E-state index in [4.69, 9.17) is 4.84 Å². The fourth-order valence-electron chi connectivity index (χ4n) is 3.72. The van der Waals surface area contributed by atoms with Crippen LogP contribution in [0.1, 0.15) is 42.5 Å². The number of carbonyl (C=O) groups excluding carboxylic acids is 1. The Hall–Kier alpha value is -1.14. The van der Waals surface area contributed by atoms with Crippen molar-refractivity contribution in [2.45, 2.75) is 51.2 Å². The molecular formula is C19H25NO3S2. The summed E-state index contributed by atoms with van der Waals surface area (Å²) in [5.41, 5.74) is 5.38. The van der Waals surface area contributed by atoms with Gasteiger partial charge in [-0.1, -0.05) is 29.8 Å².